The van der Waals surface area contributed by atoms with Gasteiger partial charge in [-0.15, -0.1) is 0 Å². The second kappa shape index (κ2) is 6.99. The van der Waals surface area contributed by atoms with Crippen molar-refractivity contribution in [1.82, 2.24) is 4.90 Å². The Morgan fingerprint density at radius 3 is 2.55 bits per heavy atom. The zero-order chi connectivity index (χ0) is 14.4. The predicted octanol–water partition coefficient (Wildman–Crippen LogP) is 0.824. The summed E-state index contributed by atoms with van der Waals surface area (Å²) in [5.41, 5.74) is 5.89. The Balaban J connectivity index is 1.91. The Morgan fingerprint density at radius 2 is 1.90 bits per heavy atom. The van der Waals surface area contributed by atoms with Gasteiger partial charge in [-0.25, -0.2) is 8.42 Å². The van der Waals surface area contributed by atoms with Crippen molar-refractivity contribution in [3.05, 3.63) is 30.3 Å². The summed E-state index contributed by atoms with van der Waals surface area (Å²) in [6, 6.07) is 8.43. The van der Waals surface area contributed by atoms with Crippen molar-refractivity contribution in [3.8, 4) is 0 Å². The summed E-state index contributed by atoms with van der Waals surface area (Å²) >= 11 is 1.89. The minimum absolute atomic E-state index is 0.0136. The summed E-state index contributed by atoms with van der Waals surface area (Å²) in [4.78, 5) is 6.53. The lowest BCUT2D eigenvalue weighted by molar-refractivity contribution is 0.456. The minimum Gasteiger partial charge on any atom is -0.370 e. The molecule has 1 aliphatic heterocycles. The zero-order valence-electron chi connectivity index (χ0n) is 11.2. The molecule has 2 N–H and O–H groups in total. The lowest BCUT2D eigenvalue weighted by Crippen LogP contribution is -2.42. The molecule has 0 aliphatic carbocycles. The van der Waals surface area contributed by atoms with E-state index < -0.39 is 9.84 Å². The second-order valence-electron chi connectivity index (χ2n) is 4.47. The van der Waals surface area contributed by atoms with Gasteiger partial charge in [0, 0.05) is 24.6 Å². The molecule has 0 spiro atoms. The third-order valence-electron chi connectivity index (χ3n) is 3.07. The molecule has 0 radical (unpaired) electrons. The van der Waals surface area contributed by atoms with Crippen molar-refractivity contribution in [3.63, 3.8) is 0 Å². The van der Waals surface area contributed by atoms with E-state index in [1.807, 2.05) is 16.7 Å². The molecule has 1 aliphatic rings. The van der Waals surface area contributed by atoms with Crippen molar-refractivity contribution in [2.24, 2.45) is 10.7 Å². The van der Waals surface area contributed by atoms with Crippen LogP contribution in [0.1, 0.15) is 0 Å². The summed E-state index contributed by atoms with van der Waals surface area (Å²) in [5, 5.41) is 0. The van der Waals surface area contributed by atoms with Crippen LogP contribution >= 0.6 is 11.8 Å². The number of hydrogen-bond donors (Lipinski definition) is 1. The maximum Gasteiger partial charge on any atom is 0.191 e. The van der Waals surface area contributed by atoms with Gasteiger partial charge < -0.3 is 10.6 Å². The van der Waals surface area contributed by atoms with E-state index in [-0.39, 0.29) is 12.3 Å². The molecule has 5 nitrogen and oxygen atoms in total. The molecule has 20 heavy (non-hydrogen) atoms. The number of nitrogens with two attached hydrogens (primary N) is 1. The Labute approximate surface area is 124 Å². The zero-order valence-corrected chi connectivity index (χ0v) is 12.9. The fourth-order valence-corrected chi connectivity index (χ4v) is 3.96. The van der Waals surface area contributed by atoms with Gasteiger partial charge in [0.2, 0.25) is 0 Å². The molecule has 7 heteroatoms. The molecule has 0 bridgehead atoms. The van der Waals surface area contributed by atoms with E-state index in [4.69, 9.17) is 5.73 Å². The molecule has 0 amide bonds. The fraction of sp³-hybridized carbons (Fsp3) is 0.462. The molecule has 0 atom stereocenters. The van der Waals surface area contributed by atoms with E-state index in [9.17, 15) is 8.42 Å². The van der Waals surface area contributed by atoms with Gasteiger partial charge in [0.25, 0.3) is 0 Å². The summed E-state index contributed by atoms with van der Waals surface area (Å²) in [6.07, 6.45) is 0. The Morgan fingerprint density at radius 1 is 1.25 bits per heavy atom. The van der Waals surface area contributed by atoms with Crippen molar-refractivity contribution in [2.75, 3.05) is 36.9 Å². The van der Waals surface area contributed by atoms with Crippen molar-refractivity contribution < 1.29 is 8.42 Å². The highest BCUT2D eigenvalue weighted by Gasteiger charge is 2.15. The summed E-state index contributed by atoms with van der Waals surface area (Å²) in [6.45, 7) is 1.96. The van der Waals surface area contributed by atoms with Crippen LogP contribution in [-0.2, 0) is 9.84 Å². The summed E-state index contributed by atoms with van der Waals surface area (Å²) in [7, 11) is -3.27. The number of thioether (sulfide) groups is 1. The van der Waals surface area contributed by atoms with Crippen LogP contribution in [0.25, 0.3) is 0 Å². The Kier molecular flexibility index (Phi) is 5.31. The van der Waals surface area contributed by atoms with Crippen LogP contribution in [0.2, 0.25) is 0 Å². The van der Waals surface area contributed by atoms with E-state index in [1.165, 1.54) is 0 Å². The van der Waals surface area contributed by atoms with Crippen LogP contribution in [-0.4, -0.2) is 56.2 Å². The lowest BCUT2D eigenvalue weighted by Gasteiger charge is -2.27. The molecule has 0 aromatic heterocycles. The highest BCUT2D eigenvalue weighted by molar-refractivity contribution is 7.99. The number of sulfone groups is 1. The predicted molar refractivity (Wildman–Crippen MR) is 83.9 cm³/mol. The van der Waals surface area contributed by atoms with Crippen molar-refractivity contribution in [1.29, 1.82) is 0 Å². The Bertz CT molecular complexity index is 552. The molecule has 1 aromatic rings. The molecule has 0 unspecified atom stereocenters. The first kappa shape index (κ1) is 15.2. The highest BCUT2D eigenvalue weighted by atomic mass is 32.2. The first-order valence-corrected chi connectivity index (χ1v) is 9.31. The number of benzene rings is 1. The van der Waals surface area contributed by atoms with Crippen LogP contribution in [0.4, 0.5) is 0 Å². The highest BCUT2D eigenvalue weighted by Crippen LogP contribution is 2.10. The largest absolute Gasteiger partial charge is 0.370 e. The minimum atomic E-state index is -3.27. The van der Waals surface area contributed by atoms with E-state index in [1.54, 1.807) is 30.3 Å². The molecule has 110 valence electrons. The van der Waals surface area contributed by atoms with Crippen molar-refractivity contribution >= 4 is 27.6 Å². The first-order chi connectivity index (χ1) is 9.59. The van der Waals surface area contributed by atoms with Crippen LogP contribution in [0, 0.1) is 0 Å². The van der Waals surface area contributed by atoms with Crippen LogP contribution < -0.4 is 5.73 Å². The van der Waals surface area contributed by atoms with E-state index in [2.05, 4.69) is 4.99 Å². The SMILES string of the molecule is NC(=NCCS(=O)(=O)c1ccccc1)N1CCSCC1. The van der Waals surface area contributed by atoms with E-state index >= 15 is 0 Å². The molecule has 1 fully saturated rings. The van der Waals surface area contributed by atoms with Crippen LogP contribution in [0.15, 0.2) is 40.2 Å². The van der Waals surface area contributed by atoms with Crippen molar-refractivity contribution in [2.45, 2.75) is 4.90 Å². The maximum absolute atomic E-state index is 12.1. The molecule has 2 rings (SSSR count). The smallest absolute Gasteiger partial charge is 0.191 e. The van der Waals surface area contributed by atoms with Gasteiger partial charge in [-0.3, -0.25) is 4.99 Å². The number of guanidine groups is 1. The lowest BCUT2D eigenvalue weighted by atomic mass is 10.4. The van der Waals surface area contributed by atoms with Gasteiger partial charge in [-0.1, -0.05) is 18.2 Å². The molecule has 1 aromatic carbocycles. The van der Waals surface area contributed by atoms with Gasteiger partial charge in [0.05, 0.1) is 17.2 Å². The van der Waals surface area contributed by atoms with Gasteiger partial charge >= 0.3 is 0 Å². The third kappa shape index (κ3) is 4.14. The number of rotatable bonds is 4. The number of hydrogen-bond acceptors (Lipinski definition) is 4. The molecule has 1 saturated heterocycles. The number of nitrogens with zero attached hydrogens (tertiary/aromatic N) is 2. The first-order valence-electron chi connectivity index (χ1n) is 6.50. The average Bonchev–Trinajstić information content (AvgIpc) is 2.49. The van der Waals surface area contributed by atoms with Gasteiger partial charge in [-0.05, 0) is 12.1 Å². The van der Waals surface area contributed by atoms with Gasteiger partial charge in [0.1, 0.15) is 0 Å². The van der Waals surface area contributed by atoms with E-state index in [0.717, 1.165) is 24.6 Å². The van der Waals surface area contributed by atoms with Crippen LogP contribution in [0.5, 0.6) is 0 Å². The fourth-order valence-electron chi connectivity index (χ4n) is 1.92. The monoisotopic (exact) mass is 313 g/mol. The molecule has 0 saturated carbocycles. The van der Waals surface area contributed by atoms with E-state index in [0.29, 0.717) is 10.9 Å². The molecular weight excluding hydrogens is 294 g/mol. The standard InChI is InChI=1S/C13H19N3O2S2/c14-13(16-7-9-19-10-8-16)15-6-11-20(17,18)12-4-2-1-3-5-12/h1-5H,6-11H2,(H2,14,15). The third-order valence-corrected chi connectivity index (χ3v) is 5.72. The normalized spacial score (nSPS) is 17.2. The Hall–Kier alpha value is -1.21. The average molecular weight is 313 g/mol. The van der Waals surface area contributed by atoms with Gasteiger partial charge in [0.15, 0.2) is 15.8 Å². The quantitative estimate of drug-likeness (QED) is 0.658. The topological polar surface area (TPSA) is 75.8 Å². The molecule has 1 heterocycles. The second-order valence-corrected chi connectivity index (χ2v) is 7.81. The molecular formula is C13H19N3O2S2. The number of aliphatic imine (C=N–C) groups is 1. The summed E-state index contributed by atoms with van der Waals surface area (Å²) in [5.74, 6) is 2.52. The van der Waals surface area contributed by atoms with Gasteiger partial charge in [-0.2, -0.15) is 11.8 Å². The maximum atomic E-state index is 12.1. The summed E-state index contributed by atoms with van der Waals surface area (Å²) < 4.78 is 24.1. The van der Waals surface area contributed by atoms with Crippen LogP contribution in [0.3, 0.4) is 0 Å².